The molecule has 8 heteroatoms. The van der Waals surface area contributed by atoms with Crippen LogP contribution in [0.1, 0.15) is 39.7 Å². The third kappa shape index (κ3) is 8.28. The average molecular weight is 394 g/mol. The van der Waals surface area contributed by atoms with Crippen molar-refractivity contribution in [3.05, 3.63) is 35.9 Å². The Bertz CT molecular complexity index is 642. The lowest BCUT2D eigenvalue weighted by atomic mass is 10.2. The van der Waals surface area contributed by atoms with E-state index in [1.165, 1.54) is 12.0 Å². The minimum atomic E-state index is -0.811. The Hall–Kier alpha value is -2.77. The van der Waals surface area contributed by atoms with Crippen LogP contribution in [0.3, 0.4) is 0 Å². The van der Waals surface area contributed by atoms with Crippen LogP contribution in [-0.2, 0) is 25.6 Å². The van der Waals surface area contributed by atoms with Gasteiger partial charge in [-0.15, -0.1) is 0 Å². The topological polar surface area (TPSA) is 94.2 Å². The predicted molar refractivity (Wildman–Crippen MR) is 104 cm³/mol. The maximum atomic E-state index is 12.6. The van der Waals surface area contributed by atoms with Crippen molar-refractivity contribution in [2.24, 2.45) is 0 Å². The van der Waals surface area contributed by atoms with Gasteiger partial charge in [-0.3, -0.25) is 4.90 Å². The van der Waals surface area contributed by atoms with Gasteiger partial charge in [-0.05, 0) is 32.8 Å². The van der Waals surface area contributed by atoms with E-state index in [0.29, 0.717) is 6.42 Å². The van der Waals surface area contributed by atoms with Gasteiger partial charge >= 0.3 is 18.2 Å². The Morgan fingerprint density at radius 1 is 1.14 bits per heavy atom. The summed E-state index contributed by atoms with van der Waals surface area (Å²) >= 11 is 0. The van der Waals surface area contributed by atoms with Crippen LogP contribution >= 0.6 is 0 Å². The van der Waals surface area contributed by atoms with E-state index in [1.54, 1.807) is 27.7 Å². The van der Waals surface area contributed by atoms with Crippen LogP contribution in [0, 0.1) is 0 Å². The number of rotatable bonds is 8. The molecule has 156 valence electrons. The molecule has 0 heterocycles. The summed E-state index contributed by atoms with van der Waals surface area (Å²) in [5, 5.41) is 2.57. The number of hydrogen-bond acceptors (Lipinski definition) is 6. The fourth-order valence-corrected chi connectivity index (χ4v) is 2.42. The number of alkyl carbamates (subject to hydrolysis) is 1. The van der Waals surface area contributed by atoms with Crippen molar-refractivity contribution in [3.8, 4) is 0 Å². The summed E-state index contributed by atoms with van der Waals surface area (Å²) in [5.41, 5.74) is 0.199. The summed E-state index contributed by atoms with van der Waals surface area (Å²) in [6.07, 6.45) is -0.914. The number of ether oxygens (including phenoxy) is 3. The number of hydrogen-bond donors (Lipinski definition) is 1. The van der Waals surface area contributed by atoms with Crippen molar-refractivity contribution in [2.75, 3.05) is 20.2 Å². The van der Waals surface area contributed by atoms with Gasteiger partial charge in [0.05, 0.1) is 7.11 Å². The number of benzene rings is 1. The van der Waals surface area contributed by atoms with Gasteiger partial charge in [-0.1, -0.05) is 37.3 Å². The highest BCUT2D eigenvalue weighted by atomic mass is 16.6. The molecule has 1 atom stereocenters. The van der Waals surface area contributed by atoms with Gasteiger partial charge in [0.1, 0.15) is 18.2 Å². The highest BCUT2D eigenvalue weighted by Crippen LogP contribution is 2.11. The van der Waals surface area contributed by atoms with E-state index in [-0.39, 0.29) is 19.7 Å². The Kier molecular flexibility index (Phi) is 9.27. The normalized spacial score (nSPS) is 11.9. The van der Waals surface area contributed by atoms with E-state index in [1.807, 2.05) is 30.3 Å². The van der Waals surface area contributed by atoms with Gasteiger partial charge in [-0.2, -0.15) is 0 Å². The second-order valence-electron chi connectivity index (χ2n) is 7.11. The van der Waals surface area contributed by atoms with Gasteiger partial charge in [0, 0.05) is 13.1 Å². The zero-order chi connectivity index (χ0) is 21.2. The van der Waals surface area contributed by atoms with E-state index in [9.17, 15) is 14.4 Å². The third-order valence-electron chi connectivity index (χ3n) is 3.70. The Labute approximate surface area is 166 Å². The molecule has 2 amide bonds. The van der Waals surface area contributed by atoms with Crippen molar-refractivity contribution >= 4 is 18.2 Å². The van der Waals surface area contributed by atoms with Crippen LogP contribution in [-0.4, -0.2) is 54.9 Å². The highest BCUT2D eigenvalue weighted by Gasteiger charge is 2.30. The van der Waals surface area contributed by atoms with E-state index in [2.05, 4.69) is 5.32 Å². The molecule has 8 nitrogen and oxygen atoms in total. The third-order valence-corrected chi connectivity index (χ3v) is 3.70. The van der Waals surface area contributed by atoms with Crippen LogP contribution < -0.4 is 5.32 Å². The van der Waals surface area contributed by atoms with Crippen molar-refractivity contribution in [1.29, 1.82) is 0 Å². The zero-order valence-corrected chi connectivity index (χ0v) is 17.2. The number of esters is 1. The van der Waals surface area contributed by atoms with Gasteiger partial charge in [0.2, 0.25) is 0 Å². The van der Waals surface area contributed by atoms with Crippen LogP contribution in [0.4, 0.5) is 9.59 Å². The summed E-state index contributed by atoms with van der Waals surface area (Å²) in [4.78, 5) is 37.7. The lowest BCUT2D eigenvalue weighted by Gasteiger charge is -2.28. The molecule has 0 saturated heterocycles. The molecule has 1 aromatic carbocycles. The Morgan fingerprint density at radius 3 is 2.32 bits per heavy atom. The molecule has 0 spiro atoms. The summed E-state index contributed by atoms with van der Waals surface area (Å²) in [6, 6.07) is 8.40. The van der Waals surface area contributed by atoms with E-state index in [0.717, 1.165) is 5.56 Å². The van der Waals surface area contributed by atoms with Crippen molar-refractivity contribution in [2.45, 2.75) is 52.4 Å². The Balaban J connectivity index is 2.73. The lowest BCUT2D eigenvalue weighted by molar-refractivity contribution is -0.146. The average Bonchev–Trinajstić information content (AvgIpc) is 2.64. The number of nitrogens with zero attached hydrogens (tertiary/aromatic N) is 1. The molecule has 0 aliphatic carbocycles. The quantitative estimate of drug-likeness (QED) is 0.538. The highest BCUT2D eigenvalue weighted by molar-refractivity contribution is 5.81. The van der Waals surface area contributed by atoms with Crippen LogP contribution in [0.5, 0.6) is 0 Å². The summed E-state index contributed by atoms with van der Waals surface area (Å²) in [5.74, 6) is -0.545. The number of carbonyl (C=O) groups is 3. The van der Waals surface area contributed by atoms with Gasteiger partial charge in [0.25, 0.3) is 0 Å². The first-order valence-electron chi connectivity index (χ1n) is 9.20. The van der Waals surface area contributed by atoms with E-state index >= 15 is 0 Å². The summed E-state index contributed by atoms with van der Waals surface area (Å²) in [7, 11) is 1.26. The number of nitrogens with one attached hydrogen (secondary N) is 1. The van der Waals surface area contributed by atoms with Crippen LogP contribution in [0.15, 0.2) is 30.3 Å². The molecule has 28 heavy (non-hydrogen) atoms. The molecule has 0 aromatic heterocycles. The number of carbonyl (C=O) groups excluding carboxylic acids is 3. The second kappa shape index (κ2) is 11.2. The first kappa shape index (κ1) is 23.3. The van der Waals surface area contributed by atoms with Crippen molar-refractivity contribution in [1.82, 2.24) is 10.2 Å². The molecule has 1 aromatic rings. The maximum Gasteiger partial charge on any atom is 0.410 e. The molecule has 0 radical (unpaired) electrons. The summed E-state index contributed by atoms with van der Waals surface area (Å²) in [6.45, 7) is 7.27. The molecule has 0 aliphatic rings. The SMILES string of the molecule is CC[C@H](C(=O)OC)N(CCNC(=O)OC(C)(C)C)C(=O)OCc1ccccc1. The monoisotopic (exact) mass is 394 g/mol. The first-order chi connectivity index (χ1) is 13.2. The fraction of sp³-hybridized carbons (Fsp3) is 0.550. The molecule has 0 fully saturated rings. The van der Waals surface area contributed by atoms with Gasteiger partial charge in [-0.25, -0.2) is 14.4 Å². The lowest BCUT2D eigenvalue weighted by Crippen LogP contribution is -2.49. The second-order valence-corrected chi connectivity index (χ2v) is 7.11. The molecular formula is C20H30N2O6. The maximum absolute atomic E-state index is 12.6. The number of amides is 2. The molecular weight excluding hydrogens is 364 g/mol. The fourth-order valence-electron chi connectivity index (χ4n) is 2.42. The smallest absolute Gasteiger partial charge is 0.410 e. The van der Waals surface area contributed by atoms with Gasteiger partial charge in [0.15, 0.2) is 0 Å². The van der Waals surface area contributed by atoms with Gasteiger partial charge < -0.3 is 19.5 Å². The predicted octanol–water partition coefficient (Wildman–Crippen LogP) is 3.10. The minimum absolute atomic E-state index is 0.0699. The largest absolute Gasteiger partial charge is 0.467 e. The molecule has 0 bridgehead atoms. The Morgan fingerprint density at radius 2 is 1.79 bits per heavy atom. The van der Waals surface area contributed by atoms with Crippen molar-refractivity contribution in [3.63, 3.8) is 0 Å². The van der Waals surface area contributed by atoms with Crippen LogP contribution in [0.25, 0.3) is 0 Å². The first-order valence-corrected chi connectivity index (χ1v) is 9.20. The molecule has 0 aliphatic heterocycles. The number of methoxy groups -OCH3 is 1. The van der Waals surface area contributed by atoms with E-state index in [4.69, 9.17) is 14.2 Å². The zero-order valence-electron chi connectivity index (χ0n) is 17.2. The minimum Gasteiger partial charge on any atom is -0.467 e. The van der Waals surface area contributed by atoms with Crippen LogP contribution in [0.2, 0.25) is 0 Å². The molecule has 0 saturated carbocycles. The standard InChI is InChI=1S/C20H30N2O6/c1-6-16(17(23)26-5)22(13-12-21-18(24)28-20(2,3)4)19(25)27-14-15-10-8-7-9-11-15/h7-11,16H,6,12-14H2,1-5H3,(H,21,24)/t16-/m1/s1. The molecule has 0 unspecified atom stereocenters. The molecule has 1 N–H and O–H groups in total. The van der Waals surface area contributed by atoms with E-state index < -0.39 is 29.8 Å². The summed E-state index contributed by atoms with van der Waals surface area (Å²) < 4.78 is 15.3. The van der Waals surface area contributed by atoms with Crippen molar-refractivity contribution < 1.29 is 28.6 Å². The molecule has 1 rings (SSSR count).